The Morgan fingerprint density at radius 1 is 1.33 bits per heavy atom. The standard InChI is InChI=1S/C15H20N4OS/c1-11(13-7-5-4-6-8-13)9-16-14(20)12(2)21-15-18-17-10-19(15)3/h4-8,10-12H,9H2,1-3H3,(H,16,20)/t11-,12+/m1/s1. The molecule has 0 aliphatic carbocycles. The number of carbonyl (C=O) groups excluding carboxylic acids is 1. The second kappa shape index (κ2) is 7.26. The molecule has 1 amide bonds. The number of aryl methyl sites for hydroxylation is 1. The topological polar surface area (TPSA) is 59.8 Å². The number of rotatable bonds is 6. The van der Waals surface area contributed by atoms with Gasteiger partial charge in [-0.25, -0.2) is 0 Å². The summed E-state index contributed by atoms with van der Waals surface area (Å²) < 4.78 is 1.81. The van der Waals surface area contributed by atoms with Crippen LogP contribution in [0.25, 0.3) is 0 Å². The van der Waals surface area contributed by atoms with E-state index in [9.17, 15) is 4.79 Å². The monoisotopic (exact) mass is 304 g/mol. The van der Waals surface area contributed by atoms with Gasteiger partial charge in [0.1, 0.15) is 6.33 Å². The molecule has 0 radical (unpaired) electrons. The maximum Gasteiger partial charge on any atom is 0.233 e. The first-order chi connectivity index (χ1) is 10.1. The zero-order valence-electron chi connectivity index (χ0n) is 12.5. The highest BCUT2D eigenvalue weighted by Gasteiger charge is 2.17. The number of nitrogens with one attached hydrogen (secondary N) is 1. The summed E-state index contributed by atoms with van der Waals surface area (Å²) >= 11 is 1.41. The smallest absolute Gasteiger partial charge is 0.233 e. The summed E-state index contributed by atoms with van der Waals surface area (Å²) in [5.41, 5.74) is 1.23. The van der Waals surface area contributed by atoms with Crippen molar-refractivity contribution in [1.82, 2.24) is 20.1 Å². The molecular weight excluding hydrogens is 284 g/mol. The molecule has 0 saturated heterocycles. The summed E-state index contributed by atoms with van der Waals surface area (Å²) in [5.74, 6) is 0.313. The van der Waals surface area contributed by atoms with Crippen LogP contribution in [0.15, 0.2) is 41.8 Å². The van der Waals surface area contributed by atoms with Crippen LogP contribution in [0.1, 0.15) is 25.3 Å². The van der Waals surface area contributed by atoms with E-state index in [2.05, 4.69) is 34.6 Å². The van der Waals surface area contributed by atoms with Crippen molar-refractivity contribution in [2.45, 2.75) is 30.2 Å². The molecule has 21 heavy (non-hydrogen) atoms. The van der Waals surface area contributed by atoms with Gasteiger partial charge in [0, 0.05) is 13.6 Å². The quantitative estimate of drug-likeness (QED) is 0.831. The van der Waals surface area contributed by atoms with Gasteiger partial charge in [-0.3, -0.25) is 4.79 Å². The van der Waals surface area contributed by atoms with Gasteiger partial charge in [-0.05, 0) is 18.4 Å². The van der Waals surface area contributed by atoms with Gasteiger partial charge < -0.3 is 9.88 Å². The Morgan fingerprint density at radius 3 is 2.67 bits per heavy atom. The van der Waals surface area contributed by atoms with Crippen molar-refractivity contribution in [3.63, 3.8) is 0 Å². The molecule has 1 heterocycles. The first-order valence-electron chi connectivity index (χ1n) is 6.91. The van der Waals surface area contributed by atoms with Gasteiger partial charge in [-0.1, -0.05) is 49.0 Å². The highest BCUT2D eigenvalue weighted by Crippen LogP contribution is 2.20. The minimum atomic E-state index is -0.198. The highest BCUT2D eigenvalue weighted by molar-refractivity contribution is 8.00. The van der Waals surface area contributed by atoms with Crippen molar-refractivity contribution < 1.29 is 4.79 Å². The van der Waals surface area contributed by atoms with Crippen LogP contribution in [0.4, 0.5) is 0 Å². The van der Waals surface area contributed by atoms with Crippen molar-refractivity contribution >= 4 is 17.7 Å². The second-order valence-corrected chi connectivity index (χ2v) is 6.35. The molecule has 112 valence electrons. The molecule has 0 saturated carbocycles. The highest BCUT2D eigenvalue weighted by atomic mass is 32.2. The van der Waals surface area contributed by atoms with Crippen LogP contribution in [0, 0.1) is 0 Å². The Hall–Kier alpha value is -1.82. The van der Waals surface area contributed by atoms with Crippen molar-refractivity contribution in [2.75, 3.05) is 6.54 Å². The van der Waals surface area contributed by atoms with E-state index in [-0.39, 0.29) is 11.2 Å². The number of amides is 1. The molecule has 6 heteroatoms. The summed E-state index contributed by atoms with van der Waals surface area (Å²) in [5, 5.41) is 11.3. The van der Waals surface area contributed by atoms with Gasteiger partial charge in [-0.15, -0.1) is 10.2 Å². The van der Waals surface area contributed by atoms with Crippen molar-refractivity contribution in [3.8, 4) is 0 Å². The van der Waals surface area contributed by atoms with Gasteiger partial charge in [-0.2, -0.15) is 0 Å². The minimum absolute atomic E-state index is 0.0192. The fraction of sp³-hybridized carbons (Fsp3) is 0.400. The van der Waals surface area contributed by atoms with Crippen LogP contribution in [-0.2, 0) is 11.8 Å². The van der Waals surface area contributed by atoms with E-state index in [1.165, 1.54) is 17.3 Å². The van der Waals surface area contributed by atoms with Crippen LogP contribution in [-0.4, -0.2) is 32.5 Å². The van der Waals surface area contributed by atoms with Gasteiger partial charge in [0.05, 0.1) is 5.25 Å². The number of hydrogen-bond donors (Lipinski definition) is 1. The van der Waals surface area contributed by atoms with Crippen LogP contribution < -0.4 is 5.32 Å². The maximum atomic E-state index is 12.1. The molecule has 0 fully saturated rings. The molecule has 5 nitrogen and oxygen atoms in total. The molecule has 1 N–H and O–H groups in total. The first-order valence-corrected chi connectivity index (χ1v) is 7.79. The SMILES string of the molecule is C[C@H](Sc1nncn1C)C(=O)NC[C@@H](C)c1ccccc1. The second-order valence-electron chi connectivity index (χ2n) is 5.04. The summed E-state index contributed by atoms with van der Waals surface area (Å²) in [6, 6.07) is 10.2. The summed E-state index contributed by atoms with van der Waals surface area (Å²) in [7, 11) is 1.87. The van der Waals surface area contributed by atoms with Crippen molar-refractivity contribution in [3.05, 3.63) is 42.2 Å². The maximum absolute atomic E-state index is 12.1. The molecule has 2 aromatic rings. The lowest BCUT2D eigenvalue weighted by atomic mass is 10.0. The Balaban J connectivity index is 1.83. The zero-order valence-corrected chi connectivity index (χ0v) is 13.3. The third kappa shape index (κ3) is 4.32. The molecule has 0 unspecified atom stereocenters. The molecule has 1 aromatic carbocycles. The fourth-order valence-electron chi connectivity index (χ4n) is 1.89. The lowest BCUT2D eigenvalue weighted by Gasteiger charge is -2.15. The third-order valence-electron chi connectivity index (χ3n) is 3.27. The van der Waals surface area contributed by atoms with Gasteiger partial charge in [0.2, 0.25) is 5.91 Å². The van der Waals surface area contributed by atoms with E-state index in [0.29, 0.717) is 12.5 Å². The number of carbonyl (C=O) groups is 1. The molecule has 0 bridgehead atoms. The van der Waals surface area contributed by atoms with E-state index >= 15 is 0 Å². The average molecular weight is 304 g/mol. The van der Waals surface area contributed by atoms with Crippen LogP contribution in [0.5, 0.6) is 0 Å². The van der Waals surface area contributed by atoms with Crippen LogP contribution >= 0.6 is 11.8 Å². The van der Waals surface area contributed by atoms with Crippen LogP contribution in [0.3, 0.4) is 0 Å². The predicted molar refractivity (Wildman–Crippen MR) is 84.2 cm³/mol. The average Bonchev–Trinajstić information content (AvgIpc) is 2.90. The number of benzene rings is 1. The van der Waals surface area contributed by atoms with Crippen molar-refractivity contribution in [1.29, 1.82) is 0 Å². The summed E-state index contributed by atoms with van der Waals surface area (Å²) in [4.78, 5) is 12.1. The Bertz CT molecular complexity index is 584. The van der Waals surface area contributed by atoms with Gasteiger partial charge in [0.15, 0.2) is 5.16 Å². The number of aromatic nitrogens is 3. The normalized spacial score (nSPS) is 13.7. The molecule has 0 aliphatic heterocycles. The Morgan fingerprint density at radius 2 is 2.05 bits per heavy atom. The third-order valence-corrected chi connectivity index (χ3v) is 4.42. The zero-order chi connectivity index (χ0) is 15.2. The number of nitrogens with zero attached hydrogens (tertiary/aromatic N) is 3. The van der Waals surface area contributed by atoms with E-state index in [4.69, 9.17) is 0 Å². The van der Waals surface area contributed by atoms with E-state index < -0.39 is 0 Å². The summed E-state index contributed by atoms with van der Waals surface area (Å²) in [6.45, 7) is 4.62. The molecule has 2 rings (SSSR count). The first kappa shape index (κ1) is 15.6. The van der Waals surface area contributed by atoms with Gasteiger partial charge >= 0.3 is 0 Å². The van der Waals surface area contributed by atoms with E-state index in [1.54, 1.807) is 10.9 Å². The fourth-order valence-corrected chi connectivity index (χ4v) is 2.70. The lowest BCUT2D eigenvalue weighted by molar-refractivity contribution is -0.120. The number of thioether (sulfide) groups is 1. The molecule has 0 aliphatic rings. The van der Waals surface area contributed by atoms with Crippen LogP contribution in [0.2, 0.25) is 0 Å². The Kier molecular flexibility index (Phi) is 5.38. The molecule has 2 atom stereocenters. The lowest BCUT2D eigenvalue weighted by Crippen LogP contribution is -2.33. The molecular formula is C15H20N4OS. The molecule has 1 aromatic heterocycles. The molecule has 0 spiro atoms. The van der Waals surface area contributed by atoms with Gasteiger partial charge in [0.25, 0.3) is 0 Å². The van der Waals surface area contributed by atoms with E-state index in [0.717, 1.165) is 5.16 Å². The minimum Gasteiger partial charge on any atom is -0.355 e. The van der Waals surface area contributed by atoms with Crippen molar-refractivity contribution in [2.24, 2.45) is 7.05 Å². The Labute approximate surface area is 129 Å². The largest absolute Gasteiger partial charge is 0.355 e. The predicted octanol–water partition coefficient (Wildman–Crippen LogP) is 2.22. The van der Waals surface area contributed by atoms with E-state index in [1.807, 2.05) is 32.2 Å². The summed E-state index contributed by atoms with van der Waals surface area (Å²) in [6.07, 6.45) is 1.63. The number of hydrogen-bond acceptors (Lipinski definition) is 4.